The predicted octanol–water partition coefficient (Wildman–Crippen LogP) is 3.27. The SMILES string of the molecule is CCN(CC1CC1)c1c(Cl)cccc1C(=O)O. The van der Waals surface area contributed by atoms with E-state index in [0.29, 0.717) is 22.2 Å². The molecule has 2 rings (SSSR count). The van der Waals surface area contributed by atoms with E-state index in [0.717, 1.165) is 13.1 Å². The van der Waals surface area contributed by atoms with Gasteiger partial charge < -0.3 is 10.0 Å². The van der Waals surface area contributed by atoms with Crippen molar-refractivity contribution in [3.05, 3.63) is 28.8 Å². The quantitative estimate of drug-likeness (QED) is 0.876. The molecule has 0 unspecified atom stereocenters. The number of anilines is 1. The third-order valence-corrected chi connectivity index (χ3v) is 3.40. The second kappa shape index (κ2) is 4.96. The number of carboxylic acid groups (broad SMARTS) is 1. The molecule has 0 atom stereocenters. The number of rotatable bonds is 5. The molecule has 0 heterocycles. The van der Waals surface area contributed by atoms with Crippen molar-refractivity contribution in [2.75, 3.05) is 18.0 Å². The molecular weight excluding hydrogens is 238 g/mol. The van der Waals surface area contributed by atoms with Gasteiger partial charge in [-0.15, -0.1) is 0 Å². The number of carbonyl (C=O) groups is 1. The van der Waals surface area contributed by atoms with Crippen LogP contribution in [0.2, 0.25) is 5.02 Å². The molecule has 1 saturated carbocycles. The Balaban J connectivity index is 2.35. The van der Waals surface area contributed by atoms with Crippen LogP contribution in [0.5, 0.6) is 0 Å². The first kappa shape index (κ1) is 12.2. The zero-order chi connectivity index (χ0) is 12.4. The van der Waals surface area contributed by atoms with Crippen molar-refractivity contribution in [1.82, 2.24) is 0 Å². The number of halogens is 1. The van der Waals surface area contributed by atoms with Gasteiger partial charge in [-0.05, 0) is 37.8 Å². The van der Waals surface area contributed by atoms with Crippen LogP contribution in [-0.2, 0) is 0 Å². The lowest BCUT2D eigenvalue weighted by atomic mass is 10.1. The van der Waals surface area contributed by atoms with Crippen molar-refractivity contribution < 1.29 is 9.90 Å². The Kier molecular flexibility index (Phi) is 3.57. The lowest BCUT2D eigenvalue weighted by Crippen LogP contribution is -2.27. The number of hydrogen-bond acceptors (Lipinski definition) is 2. The smallest absolute Gasteiger partial charge is 0.337 e. The maximum atomic E-state index is 11.2. The Morgan fingerprint density at radius 1 is 1.53 bits per heavy atom. The van der Waals surface area contributed by atoms with Gasteiger partial charge in [0, 0.05) is 13.1 Å². The summed E-state index contributed by atoms with van der Waals surface area (Å²) >= 11 is 6.15. The molecule has 0 aromatic heterocycles. The highest BCUT2D eigenvalue weighted by molar-refractivity contribution is 6.34. The molecule has 1 N–H and O–H groups in total. The number of aromatic carboxylic acids is 1. The molecule has 1 aliphatic rings. The predicted molar refractivity (Wildman–Crippen MR) is 69.0 cm³/mol. The molecule has 3 nitrogen and oxygen atoms in total. The molecule has 0 radical (unpaired) electrons. The van der Waals surface area contributed by atoms with Crippen LogP contribution in [0.1, 0.15) is 30.1 Å². The van der Waals surface area contributed by atoms with Crippen LogP contribution in [0.15, 0.2) is 18.2 Å². The standard InChI is InChI=1S/C13H16ClNO2/c1-2-15(8-9-6-7-9)12-10(13(16)17)4-3-5-11(12)14/h3-5,9H,2,6-8H2,1H3,(H,16,17). The number of nitrogens with zero attached hydrogens (tertiary/aromatic N) is 1. The fourth-order valence-electron chi connectivity index (χ4n) is 2.00. The van der Waals surface area contributed by atoms with E-state index in [1.54, 1.807) is 18.2 Å². The third kappa shape index (κ3) is 2.72. The third-order valence-electron chi connectivity index (χ3n) is 3.09. The van der Waals surface area contributed by atoms with Crippen molar-refractivity contribution in [2.45, 2.75) is 19.8 Å². The van der Waals surface area contributed by atoms with Gasteiger partial charge in [-0.3, -0.25) is 0 Å². The lowest BCUT2D eigenvalue weighted by Gasteiger charge is -2.25. The summed E-state index contributed by atoms with van der Waals surface area (Å²) in [5, 5.41) is 9.72. The van der Waals surface area contributed by atoms with Crippen molar-refractivity contribution in [3.63, 3.8) is 0 Å². The maximum Gasteiger partial charge on any atom is 0.337 e. The number of para-hydroxylation sites is 1. The summed E-state index contributed by atoms with van der Waals surface area (Å²) in [5.74, 6) is -0.218. The second-order valence-corrected chi connectivity index (χ2v) is 4.83. The van der Waals surface area contributed by atoms with E-state index in [2.05, 4.69) is 4.90 Å². The van der Waals surface area contributed by atoms with Gasteiger partial charge in [-0.25, -0.2) is 4.79 Å². The highest BCUT2D eigenvalue weighted by atomic mass is 35.5. The number of hydrogen-bond donors (Lipinski definition) is 1. The summed E-state index contributed by atoms with van der Waals surface area (Å²) in [5.41, 5.74) is 0.955. The summed E-state index contributed by atoms with van der Waals surface area (Å²) < 4.78 is 0. The average molecular weight is 254 g/mol. The molecule has 92 valence electrons. The normalized spacial score (nSPS) is 14.7. The van der Waals surface area contributed by atoms with Crippen LogP contribution >= 0.6 is 11.6 Å². The molecule has 17 heavy (non-hydrogen) atoms. The van der Waals surface area contributed by atoms with Crippen LogP contribution in [0, 0.1) is 5.92 Å². The van der Waals surface area contributed by atoms with Crippen LogP contribution in [0.25, 0.3) is 0 Å². The fraction of sp³-hybridized carbons (Fsp3) is 0.462. The molecule has 1 fully saturated rings. The first-order valence-electron chi connectivity index (χ1n) is 5.90. The molecular formula is C13H16ClNO2. The first-order chi connectivity index (χ1) is 8.13. The van der Waals surface area contributed by atoms with Crippen LogP contribution in [0.4, 0.5) is 5.69 Å². The minimum absolute atomic E-state index is 0.292. The molecule has 4 heteroatoms. The van der Waals surface area contributed by atoms with E-state index >= 15 is 0 Å². The van der Waals surface area contributed by atoms with Gasteiger partial charge in [0.2, 0.25) is 0 Å². The molecule has 0 saturated heterocycles. The lowest BCUT2D eigenvalue weighted by molar-refractivity contribution is 0.0697. The summed E-state index contributed by atoms with van der Waals surface area (Å²) in [4.78, 5) is 13.3. The van der Waals surface area contributed by atoms with Crippen molar-refractivity contribution in [1.29, 1.82) is 0 Å². The first-order valence-corrected chi connectivity index (χ1v) is 6.28. The Bertz CT molecular complexity index is 429. The van der Waals surface area contributed by atoms with Gasteiger partial charge in [0.15, 0.2) is 0 Å². The molecule has 0 bridgehead atoms. The maximum absolute atomic E-state index is 11.2. The van der Waals surface area contributed by atoms with Crippen molar-refractivity contribution >= 4 is 23.3 Å². The van der Waals surface area contributed by atoms with Crippen molar-refractivity contribution in [3.8, 4) is 0 Å². The van der Waals surface area contributed by atoms with Crippen LogP contribution in [-0.4, -0.2) is 24.2 Å². The Morgan fingerprint density at radius 3 is 2.76 bits per heavy atom. The molecule has 0 amide bonds. The zero-order valence-electron chi connectivity index (χ0n) is 9.82. The van der Waals surface area contributed by atoms with Crippen LogP contribution < -0.4 is 4.90 Å². The van der Waals surface area contributed by atoms with E-state index in [-0.39, 0.29) is 0 Å². The molecule has 1 aromatic rings. The fourth-order valence-corrected chi connectivity index (χ4v) is 2.29. The summed E-state index contributed by atoms with van der Waals surface area (Å²) in [7, 11) is 0. The largest absolute Gasteiger partial charge is 0.478 e. The highest BCUT2D eigenvalue weighted by Gasteiger charge is 2.26. The van der Waals surface area contributed by atoms with E-state index in [4.69, 9.17) is 11.6 Å². The minimum Gasteiger partial charge on any atom is -0.478 e. The summed E-state index contributed by atoms with van der Waals surface area (Å²) in [6, 6.07) is 5.04. The Hall–Kier alpha value is -1.22. The number of carboxylic acids is 1. The monoisotopic (exact) mass is 253 g/mol. The summed E-state index contributed by atoms with van der Waals surface area (Å²) in [6.07, 6.45) is 2.48. The van der Waals surface area contributed by atoms with Gasteiger partial charge in [0.25, 0.3) is 0 Å². The van der Waals surface area contributed by atoms with E-state index < -0.39 is 5.97 Å². The van der Waals surface area contributed by atoms with Gasteiger partial charge in [0.05, 0.1) is 16.3 Å². The van der Waals surface area contributed by atoms with Gasteiger partial charge >= 0.3 is 5.97 Å². The minimum atomic E-state index is -0.920. The molecule has 0 spiro atoms. The van der Waals surface area contributed by atoms with Gasteiger partial charge in [-0.1, -0.05) is 17.7 Å². The van der Waals surface area contributed by atoms with E-state index in [9.17, 15) is 9.90 Å². The van der Waals surface area contributed by atoms with E-state index in [1.165, 1.54) is 12.8 Å². The zero-order valence-corrected chi connectivity index (χ0v) is 10.6. The Morgan fingerprint density at radius 2 is 2.24 bits per heavy atom. The van der Waals surface area contributed by atoms with Gasteiger partial charge in [-0.2, -0.15) is 0 Å². The highest BCUT2D eigenvalue weighted by Crippen LogP contribution is 2.35. The molecule has 0 aliphatic heterocycles. The summed E-state index contributed by atoms with van der Waals surface area (Å²) in [6.45, 7) is 3.71. The van der Waals surface area contributed by atoms with E-state index in [1.807, 2.05) is 6.92 Å². The number of benzene rings is 1. The average Bonchev–Trinajstić information content (AvgIpc) is 3.10. The Labute approximate surface area is 106 Å². The molecule has 1 aliphatic carbocycles. The topological polar surface area (TPSA) is 40.5 Å². The van der Waals surface area contributed by atoms with Crippen molar-refractivity contribution in [2.24, 2.45) is 5.92 Å². The van der Waals surface area contributed by atoms with Gasteiger partial charge in [0.1, 0.15) is 0 Å². The second-order valence-electron chi connectivity index (χ2n) is 4.42. The molecule has 1 aromatic carbocycles. The van der Waals surface area contributed by atoms with Crippen LogP contribution in [0.3, 0.4) is 0 Å².